The molecule has 0 spiro atoms. The number of aromatic nitrogens is 3. The van der Waals surface area contributed by atoms with Crippen LogP contribution in [0.4, 0.5) is 10.5 Å². The van der Waals surface area contributed by atoms with Crippen LogP contribution in [0.1, 0.15) is 36.0 Å². The molecule has 1 aliphatic heterocycles. The van der Waals surface area contributed by atoms with Crippen LogP contribution < -0.4 is 10.6 Å². The number of halogens is 1. The van der Waals surface area contributed by atoms with Crippen LogP contribution in [0, 0.1) is 18.3 Å². The van der Waals surface area contributed by atoms with Gasteiger partial charge in [-0.05, 0) is 57.1 Å². The maximum absolute atomic E-state index is 12.4. The third kappa shape index (κ3) is 4.70. The predicted octanol–water partition coefficient (Wildman–Crippen LogP) is 3.52. The number of imidazole rings is 1. The summed E-state index contributed by atoms with van der Waals surface area (Å²) in [5.41, 5.74) is 3.87. The summed E-state index contributed by atoms with van der Waals surface area (Å²) in [6.07, 6.45) is 3.27. The van der Waals surface area contributed by atoms with Gasteiger partial charge >= 0.3 is 6.03 Å². The molecule has 0 saturated carbocycles. The van der Waals surface area contributed by atoms with E-state index in [1.165, 1.54) is 0 Å². The van der Waals surface area contributed by atoms with Crippen LogP contribution in [0.3, 0.4) is 0 Å². The quantitative estimate of drug-likeness (QED) is 0.594. The summed E-state index contributed by atoms with van der Waals surface area (Å²) in [4.78, 5) is 26.9. The molecule has 1 aliphatic rings. The molecular formula is C21H24ClN7O. The molecule has 1 fully saturated rings. The van der Waals surface area contributed by atoms with Gasteiger partial charge in [0.1, 0.15) is 5.82 Å². The lowest BCUT2D eigenvalue weighted by atomic mass is 9.97. The molecule has 3 heterocycles. The lowest BCUT2D eigenvalue weighted by Gasteiger charge is -2.36. The van der Waals surface area contributed by atoms with Gasteiger partial charge in [-0.2, -0.15) is 5.26 Å². The molecule has 8 nitrogen and oxygen atoms in total. The predicted molar refractivity (Wildman–Crippen MR) is 118 cm³/mol. The topological polar surface area (TPSA) is 110 Å². The minimum Gasteiger partial charge on any atom is -0.341 e. The maximum Gasteiger partial charge on any atom is 0.319 e. The molecule has 3 N–H and O–H groups in total. The zero-order chi connectivity index (χ0) is 20.4. The Balaban J connectivity index is 0.00000256. The Morgan fingerprint density at radius 2 is 2.17 bits per heavy atom. The van der Waals surface area contributed by atoms with E-state index < -0.39 is 0 Å². The smallest absolute Gasteiger partial charge is 0.319 e. The highest BCUT2D eigenvalue weighted by atomic mass is 35.5. The molecule has 4 rings (SSSR count). The number of hydrogen-bond donors (Lipinski definition) is 3. The Labute approximate surface area is 181 Å². The average Bonchev–Trinajstić information content (AvgIpc) is 3.14. The number of rotatable bonds is 3. The summed E-state index contributed by atoms with van der Waals surface area (Å²) in [7, 11) is 2.06. The maximum atomic E-state index is 12.4. The van der Waals surface area contributed by atoms with Gasteiger partial charge in [0.2, 0.25) is 0 Å². The van der Waals surface area contributed by atoms with E-state index in [-0.39, 0.29) is 30.5 Å². The number of carbonyl (C=O) groups excluding carboxylic acids is 1. The molecule has 30 heavy (non-hydrogen) atoms. The fraction of sp³-hybridized carbons (Fsp3) is 0.333. The second-order valence-corrected chi connectivity index (χ2v) is 7.47. The number of carbonyl (C=O) groups is 1. The number of nitrogens with zero attached hydrogens (tertiary/aromatic N) is 4. The number of piperidine rings is 1. The van der Waals surface area contributed by atoms with E-state index in [2.05, 4.69) is 38.6 Å². The van der Waals surface area contributed by atoms with Gasteiger partial charge in [0.15, 0.2) is 0 Å². The summed E-state index contributed by atoms with van der Waals surface area (Å²) in [6.45, 7) is 2.75. The van der Waals surface area contributed by atoms with Crippen molar-refractivity contribution in [2.75, 3.05) is 18.9 Å². The molecule has 1 saturated heterocycles. The first kappa shape index (κ1) is 21.6. The summed E-state index contributed by atoms with van der Waals surface area (Å²) in [6, 6.07) is 11.2. The number of aromatic amines is 1. The molecule has 156 valence electrons. The van der Waals surface area contributed by atoms with E-state index in [1.54, 1.807) is 12.3 Å². The van der Waals surface area contributed by atoms with Crippen molar-refractivity contribution in [2.24, 2.45) is 0 Å². The van der Waals surface area contributed by atoms with Crippen LogP contribution in [-0.2, 0) is 0 Å². The number of amides is 2. The third-order valence-corrected chi connectivity index (χ3v) is 5.32. The van der Waals surface area contributed by atoms with Crippen LogP contribution in [0.15, 0.2) is 36.5 Å². The highest BCUT2D eigenvalue weighted by Gasteiger charge is 2.30. The largest absolute Gasteiger partial charge is 0.341 e. The van der Waals surface area contributed by atoms with Crippen LogP contribution >= 0.6 is 12.4 Å². The number of hydrogen-bond acceptors (Lipinski definition) is 5. The molecule has 2 aromatic heterocycles. The number of nitrogens with one attached hydrogen (secondary N) is 3. The number of anilines is 1. The Bertz CT molecular complexity index is 1070. The van der Waals surface area contributed by atoms with Gasteiger partial charge in [-0.1, -0.05) is 0 Å². The Morgan fingerprint density at radius 1 is 1.33 bits per heavy atom. The lowest BCUT2D eigenvalue weighted by molar-refractivity contribution is 0.153. The van der Waals surface area contributed by atoms with E-state index in [9.17, 15) is 4.79 Å². The van der Waals surface area contributed by atoms with Crippen molar-refractivity contribution < 1.29 is 4.79 Å². The fourth-order valence-corrected chi connectivity index (χ4v) is 3.69. The lowest BCUT2D eigenvalue weighted by Crippen LogP contribution is -2.46. The van der Waals surface area contributed by atoms with Gasteiger partial charge in [0.25, 0.3) is 0 Å². The first-order valence-corrected chi connectivity index (χ1v) is 9.62. The summed E-state index contributed by atoms with van der Waals surface area (Å²) < 4.78 is 0. The number of aryl methyl sites for hydroxylation is 1. The van der Waals surface area contributed by atoms with E-state index in [0.29, 0.717) is 11.3 Å². The van der Waals surface area contributed by atoms with Crippen molar-refractivity contribution in [3.8, 4) is 6.07 Å². The van der Waals surface area contributed by atoms with Gasteiger partial charge in [-0.15, -0.1) is 12.4 Å². The van der Waals surface area contributed by atoms with Crippen LogP contribution in [-0.4, -0.2) is 45.5 Å². The normalized spacial score (nSPS) is 19.0. The number of likely N-dealkylation sites (tertiary alicyclic amines) is 1. The van der Waals surface area contributed by atoms with Crippen molar-refractivity contribution in [1.82, 2.24) is 25.2 Å². The van der Waals surface area contributed by atoms with Crippen molar-refractivity contribution in [3.63, 3.8) is 0 Å². The Kier molecular flexibility index (Phi) is 6.55. The standard InChI is InChI=1S/C21H23N7O.ClH/c1-13-3-5-16(12-23-13)25-21(29)24-15-7-8-28(2)19(10-15)20-26-17-6-4-14(11-22)9-18(17)27-20;/h3-6,9,12,15,19H,7-8,10H2,1-2H3,(H,26,27)(H2,24,25,29);1H/t15-,19-;/m1./s1. The second kappa shape index (κ2) is 9.11. The number of nitriles is 1. The number of urea groups is 1. The van der Waals surface area contributed by atoms with E-state index in [0.717, 1.165) is 41.9 Å². The van der Waals surface area contributed by atoms with E-state index in [4.69, 9.17) is 10.2 Å². The second-order valence-electron chi connectivity index (χ2n) is 7.47. The van der Waals surface area contributed by atoms with Crippen molar-refractivity contribution in [2.45, 2.75) is 31.8 Å². The molecule has 0 aliphatic carbocycles. The molecule has 1 aromatic carbocycles. The number of benzene rings is 1. The number of H-pyrrole nitrogens is 1. The van der Waals surface area contributed by atoms with Gasteiger partial charge in [0, 0.05) is 18.3 Å². The SMILES string of the molecule is Cc1ccc(NC(=O)N[C@@H]2CCN(C)[C@@H](c3nc4ccc(C#N)cc4[nH]3)C2)cn1.Cl. The first-order chi connectivity index (χ1) is 14.0. The average molecular weight is 426 g/mol. The van der Waals surface area contributed by atoms with Crippen LogP contribution in [0.25, 0.3) is 11.0 Å². The van der Waals surface area contributed by atoms with Crippen LogP contribution in [0.5, 0.6) is 0 Å². The third-order valence-electron chi connectivity index (χ3n) is 5.32. The molecule has 2 amide bonds. The highest BCUT2D eigenvalue weighted by Crippen LogP contribution is 2.29. The Morgan fingerprint density at radius 3 is 2.90 bits per heavy atom. The van der Waals surface area contributed by atoms with E-state index >= 15 is 0 Å². The number of fused-ring (bicyclic) bond motifs is 1. The fourth-order valence-electron chi connectivity index (χ4n) is 3.69. The van der Waals surface area contributed by atoms with Crippen molar-refractivity contribution in [1.29, 1.82) is 5.26 Å². The molecule has 9 heteroatoms. The minimum absolute atomic E-state index is 0. The summed E-state index contributed by atoms with van der Waals surface area (Å²) >= 11 is 0. The summed E-state index contributed by atoms with van der Waals surface area (Å²) in [5, 5.41) is 15.0. The van der Waals surface area contributed by atoms with Gasteiger partial charge in [0.05, 0.1) is 40.6 Å². The molecular weight excluding hydrogens is 402 g/mol. The Hall–Kier alpha value is -3.15. The van der Waals surface area contributed by atoms with Gasteiger partial charge < -0.3 is 15.6 Å². The van der Waals surface area contributed by atoms with Gasteiger partial charge in [-0.3, -0.25) is 9.88 Å². The zero-order valence-corrected chi connectivity index (χ0v) is 17.7. The van der Waals surface area contributed by atoms with Crippen LogP contribution in [0.2, 0.25) is 0 Å². The molecule has 2 atom stereocenters. The number of pyridine rings is 1. The molecule has 0 unspecified atom stereocenters. The molecule has 0 radical (unpaired) electrons. The summed E-state index contributed by atoms with van der Waals surface area (Å²) in [5.74, 6) is 0.854. The van der Waals surface area contributed by atoms with Crippen molar-refractivity contribution in [3.05, 3.63) is 53.6 Å². The zero-order valence-electron chi connectivity index (χ0n) is 16.8. The van der Waals surface area contributed by atoms with E-state index in [1.807, 2.05) is 31.2 Å². The van der Waals surface area contributed by atoms with Crippen molar-refractivity contribution >= 4 is 35.2 Å². The highest BCUT2D eigenvalue weighted by molar-refractivity contribution is 5.89. The first-order valence-electron chi connectivity index (χ1n) is 9.62. The van der Waals surface area contributed by atoms with Gasteiger partial charge in [-0.25, -0.2) is 9.78 Å². The monoisotopic (exact) mass is 425 g/mol. The molecule has 0 bridgehead atoms. The minimum atomic E-state index is -0.229. The molecule has 3 aromatic rings.